The summed E-state index contributed by atoms with van der Waals surface area (Å²) in [5.74, 6) is -2.69. The summed E-state index contributed by atoms with van der Waals surface area (Å²) in [6.07, 6.45) is -5.24. The van der Waals surface area contributed by atoms with E-state index < -0.39 is 35.7 Å². The molecule has 1 saturated heterocycles. The number of carbonyl (C=O) groups is 3. The van der Waals surface area contributed by atoms with Crippen LogP contribution in [0.25, 0.3) is 0 Å². The fraction of sp³-hybridized carbons (Fsp3) is 0.235. The molecule has 0 radical (unpaired) electrons. The number of imide groups is 1. The quantitative estimate of drug-likeness (QED) is 0.779. The Morgan fingerprint density at radius 2 is 1.85 bits per heavy atom. The first-order valence-corrected chi connectivity index (χ1v) is 8.69. The second-order valence-electron chi connectivity index (χ2n) is 5.87. The number of benzene rings is 1. The van der Waals surface area contributed by atoms with Gasteiger partial charge in [-0.25, -0.2) is 4.79 Å². The van der Waals surface area contributed by atoms with Gasteiger partial charge < -0.3 is 5.32 Å². The molecule has 2 atom stereocenters. The SMILES string of the molecule is C[C@@H](c1ccccc1)N1C(=O)N[C@](NC(=O)c2cccs2)(C(F)(F)F)C1=O. The third-order valence-corrected chi connectivity index (χ3v) is 5.06. The number of alkyl halides is 3. The Morgan fingerprint density at radius 3 is 2.41 bits per heavy atom. The molecule has 4 amide bonds. The summed E-state index contributed by atoms with van der Waals surface area (Å²) in [6.45, 7) is 1.43. The highest BCUT2D eigenvalue weighted by molar-refractivity contribution is 7.12. The molecule has 0 bridgehead atoms. The summed E-state index contributed by atoms with van der Waals surface area (Å²) >= 11 is 0.913. The van der Waals surface area contributed by atoms with E-state index in [1.54, 1.807) is 41.0 Å². The Balaban J connectivity index is 1.97. The number of urea groups is 1. The Kier molecular flexibility index (Phi) is 4.68. The average Bonchev–Trinajstić information content (AvgIpc) is 3.23. The smallest absolute Gasteiger partial charge is 0.313 e. The van der Waals surface area contributed by atoms with Crippen LogP contribution in [0.4, 0.5) is 18.0 Å². The van der Waals surface area contributed by atoms with E-state index in [0.29, 0.717) is 10.5 Å². The van der Waals surface area contributed by atoms with Crippen molar-refractivity contribution in [1.29, 1.82) is 0 Å². The number of halogens is 3. The predicted octanol–water partition coefficient (Wildman–Crippen LogP) is 3.05. The number of rotatable bonds is 4. The largest absolute Gasteiger partial charge is 0.440 e. The minimum absolute atomic E-state index is 0.0183. The molecule has 2 N–H and O–H groups in total. The second kappa shape index (κ2) is 6.69. The summed E-state index contributed by atoms with van der Waals surface area (Å²) in [4.78, 5) is 37.6. The van der Waals surface area contributed by atoms with Gasteiger partial charge in [0.05, 0.1) is 10.9 Å². The molecule has 142 valence electrons. The molecule has 0 aliphatic carbocycles. The number of thiophene rings is 1. The lowest BCUT2D eigenvalue weighted by Crippen LogP contribution is -2.69. The van der Waals surface area contributed by atoms with E-state index in [2.05, 4.69) is 0 Å². The van der Waals surface area contributed by atoms with Gasteiger partial charge in [0.1, 0.15) is 0 Å². The first kappa shape index (κ1) is 18.9. The van der Waals surface area contributed by atoms with Gasteiger partial charge in [-0.1, -0.05) is 36.4 Å². The van der Waals surface area contributed by atoms with Crippen LogP contribution in [0.15, 0.2) is 47.8 Å². The Labute approximate surface area is 156 Å². The minimum atomic E-state index is -5.24. The Bertz CT molecular complexity index is 871. The van der Waals surface area contributed by atoms with Gasteiger partial charge >= 0.3 is 12.2 Å². The molecule has 6 nitrogen and oxygen atoms in total. The van der Waals surface area contributed by atoms with Crippen LogP contribution in [0.5, 0.6) is 0 Å². The van der Waals surface area contributed by atoms with Gasteiger partial charge in [0, 0.05) is 0 Å². The number of hydrogen-bond donors (Lipinski definition) is 2. The summed E-state index contributed by atoms with van der Waals surface area (Å²) in [7, 11) is 0. The van der Waals surface area contributed by atoms with E-state index in [4.69, 9.17) is 0 Å². The van der Waals surface area contributed by atoms with Crippen LogP contribution in [-0.2, 0) is 4.79 Å². The monoisotopic (exact) mass is 397 g/mol. The van der Waals surface area contributed by atoms with E-state index >= 15 is 0 Å². The van der Waals surface area contributed by atoms with E-state index in [9.17, 15) is 27.6 Å². The highest BCUT2D eigenvalue weighted by atomic mass is 32.1. The maximum Gasteiger partial charge on any atom is 0.440 e. The van der Waals surface area contributed by atoms with Gasteiger partial charge in [-0.05, 0) is 23.9 Å². The highest BCUT2D eigenvalue weighted by Crippen LogP contribution is 2.37. The van der Waals surface area contributed by atoms with E-state index in [0.717, 1.165) is 11.3 Å². The van der Waals surface area contributed by atoms with Crippen molar-refractivity contribution in [1.82, 2.24) is 15.5 Å². The van der Waals surface area contributed by atoms with Crippen LogP contribution in [-0.4, -0.2) is 34.6 Å². The van der Waals surface area contributed by atoms with Crippen LogP contribution < -0.4 is 10.6 Å². The molecule has 1 aromatic heterocycles. The third kappa shape index (κ3) is 3.16. The molecule has 10 heteroatoms. The third-order valence-electron chi connectivity index (χ3n) is 4.19. The molecule has 0 saturated carbocycles. The minimum Gasteiger partial charge on any atom is -0.313 e. The molecule has 0 unspecified atom stereocenters. The fourth-order valence-corrected chi connectivity index (χ4v) is 3.39. The first-order chi connectivity index (χ1) is 12.7. The first-order valence-electron chi connectivity index (χ1n) is 7.81. The van der Waals surface area contributed by atoms with Crippen molar-refractivity contribution in [3.63, 3.8) is 0 Å². The number of hydrogen-bond acceptors (Lipinski definition) is 4. The maximum atomic E-state index is 13.8. The lowest BCUT2D eigenvalue weighted by molar-refractivity contribution is -0.200. The van der Waals surface area contributed by atoms with Crippen molar-refractivity contribution in [2.45, 2.75) is 24.8 Å². The van der Waals surface area contributed by atoms with E-state index in [-0.39, 0.29) is 4.88 Å². The zero-order valence-electron chi connectivity index (χ0n) is 13.9. The van der Waals surface area contributed by atoms with Crippen LogP contribution in [0.3, 0.4) is 0 Å². The molecule has 27 heavy (non-hydrogen) atoms. The zero-order valence-corrected chi connectivity index (χ0v) is 14.7. The summed E-state index contributed by atoms with van der Waals surface area (Å²) in [5, 5.41) is 4.82. The second-order valence-corrected chi connectivity index (χ2v) is 6.82. The molecular weight excluding hydrogens is 383 g/mol. The molecular formula is C17H14F3N3O3S. The molecule has 1 aromatic carbocycles. The summed E-state index contributed by atoms with van der Waals surface area (Å²) in [6, 6.07) is 8.76. The molecule has 1 aliphatic rings. The lowest BCUT2D eigenvalue weighted by Gasteiger charge is -2.30. The molecule has 2 heterocycles. The lowest BCUT2D eigenvalue weighted by atomic mass is 10.1. The number of amides is 4. The van der Waals surface area contributed by atoms with E-state index in [1.807, 2.05) is 0 Å². The van der Waals surface area contributed by atoms with Gasteiger partial charge in [0.25, 0.3) is 17.5 Å². The van der Waals surface area contributed by atoms with Crippen LogP contribution in [0, 0.1) is 0 Å². The number of carbonyl (C=O) groups excluding carboxylic acids is 3. The van der Waals surface area contributed by atoms with E-state index in [1.165, 1.54) is 24.4 Å². The van der Waals surface area contributed by atoms with Gasteiger partial charge in [-0.2, -0.15) is 13.2 Å². The predicted molar refractivity (Wildman–Crippen MR) is 90.8 cm³/mol. The van der Waals surface area contributed by atoms with Crippen LogP contribution in [0.2, 0.25) is 0 Å². The van der Waals surface area contributed by atoms with Crippen molar-refractivity contribution in [2.75, 3.05) is 0 Å². The molecule has 1 fully saturated rings. The normalized spacial score (nSPS) is 21.1. The maximum absolute atomic E-state index is 13.8. The van der Waals surface area contributed by atoms with Gasteiger partial charge in [0.15, 0.2) is 0 Å². The summed E-state index contributed by atoms with van der Waals surface area (Å²) in [5.41, 5.74) is -3.04. The number of nitrogens with zero attached hydrogens (tertiary/aromatic N) is 1. The van der Waals surface area contributed by atoms with Crippen molar-refractivity contribution in [2.24, 2.45) is 0 Å². The van der Waals surface area contributed by atoms with Crippen molar-refractivity contribution in [3.8, 4) is 0 Å². The van der Waals surface area contributed by atoms with Gasteiger partial charge in [0.2, 0.25) is 0 Å². The molecule has 3 rings (SSSR count). The van der Waals surface area contributed by atoms with Crippen LogP contribution in [0.1, 0.15) is 28.2 Å². The van der Waals surface area contributed by atoms with Crippen molar-refractivity contribution in [3.05, 3.63) is 58.3 Å². The molecule has 1 aliphatic heterocycles. The fourth-order valence-electron chi connectivity index (χ4n) is 2.77. The van der Waals surface area contributed by atoms with Crippen LogP contribution >= 0.6 is 11.3 Å². The van der Waals surface area contributed by atoms with Gasteiger partial charge in [-0.15, -0.1) is 11.3 Å². The standard InChI is InChI=1S/C17H14F3N3O3S/c1-10(11-6-3-2-4-7-11)23-14(25)16(17(18,19)20,22-15(23)26)21-13(24)12-8-5-9-27-12/h2-10H,1H3,(H,21,24)(H,22,26)/t10-,16-/m0/s1. The molecule has 2 aromatic rings. The molecule has 0 spiro atoms. The number of nitrogens with one attached hydrogen (secondary N) is 2. The Hall–Kier alpha value is -2.88. The Morgan fingerprint density at radius 1 is 1.19 bits per heavy atom. The topological polar surface area (TPSA) is 78.5 Å². The van der Waals surface area contributed by atoms with Crippen molar-refractivity contribution < 1.29 is 27.6 Å². The van der Waals surface area contributed by atoms with Gasteiger partial charge in [-0.3, -0.25) is 19.8 Å². The van der Waals surface area contributed by atoms with Crippen molar-refractivity contribution >= 4 is 29.2 Å². The summed E-state index contributed by atoms with van der Waals surface area (Å²) < 4.78 is 41.4. The zero-order chi connectivity index (χ0) is 19.8. The average molecular weight is 397 g/mol. The highest BCUT2D eigenvalue weighted by Gasteiger charge is 2.69.